The minimum atomic E-state index is -4.32. The van der Waals surface area contributed by atoms with Gasteiger partial charge < -0.3 is 20.1 Å². The Balaban J connectivity index is 0.000000817. The Kier molecular flexibility index (Phi) is 7.21. The summed E-state index contributed by atoms with van der Waals surface area (Å²) in [7, 11) is 0. The van der Waals surface area contributed by atoms with Crippen LogP contribution in [-0.2, 0) is 22.3 Å². The van der Waals surface area contributed by atoms with Crippen LogP contribution in [-0.4, -0.2) is 64.2 Å². The molecule has 1 aromatic rings. The van der Waals surface area contributed by atoms with Crippen LogP contribution in [0.25, 0.3) is 0 Å². The Morgan fingerprint density at radius 2 is 1.85 bits per heavy atom. The van der Waals surface area contributed by atoms with Crippen LogP contribution in [0.4, 0.5) is 13.2 Å². The van der Waals surface area contributed by atoms with Crippen molar-refractivity contribution >= 4 is 6.47 Å². The van der Waals surface area contributed by atoms with Gasteiger partial charge in [0.25, 0.3) is 6.47 Å². The topological polar surface area (TPSA) is 90.2 Å². The minimum absolute atomic E-state index is 0.134. The van der Waals surface area contributed by atoms with E-state index in [1.807, 2.05) is 0 Å². The third-order valence-electron chi connectivity index (χ3n) is 5.01. The Labute approximate surface area is 155 Å². The highest BCUT2D eigenvalue weighted by molar-refractivity contribution is 5.32. The Morgan fingerprint density at radius 3 is 2.41 bits per heavy atom. The maximum Gasteiger partial charge on any atom is 0.416 e. The van der Waals surface area contributed by atoms with Gasteiger partial charge in [-0.3, -0.25) is 9.69 Å². The summed E-state index contributed by atoms with van der Waals surface area (Å²) in [6, 6.07) is 5.42. The number of likely N-dealkylation sites (tertiary alicyclic amines) is 1. The van der Waals surface area contributed by atoms with Gasteiger partial charge in [-0.25, -0.2) is 0 Å². The van der Waals surface area contributed by atoms with E-state index in [9.17, 15) is 23.4 Å². The van der Waals surface area contributed by atoms with Gasteiger partial charge >= 0.3 is 6.18 Å². The molecule has 27 heavy (non-hydrogen) atoms. The lowest BCUT2D eigenvalue weighted by Crippen LogP contribution is -2.54. The van der Waals surface area contributed by atoms with Crippen LogP contribution in [0, 0.1) is 0 Å². The zero-order valence-electron chi connectivity index (χ0n) is 14.7. The van der Waals surface area contributed by atoms with Crippen molar-refractivity contribution in [2.45, 2.75) is 49.8 Å². The van der Waals surface area contributed by atoms with Gasteiger partial charge in [-0.15, -0.1) is 0 Å². The zero-order chi connectivity index (χ0) is 20.1. The van der Waals surface area contributed by atoms with E-state index in [1.165, 1.54) is 12.1 Å². The molecule has 3 N–H and O–H groups in total. The van der Waals surface area contributed by atoms with E-state index in [4.69, 9.17) is 14.6 Å². The van der Waals surface area contributed by atoms with Gasteiger partial charge in [-0.2, -0.15) is 13.2 Å². The summed E-state index contributed by atoms with van der Waals surface area (Å²) >= 11 is 0. The fraction of sp³-hybridized carbons (Fsp3) is 0.611. The van der Waals surface area contributed by atoms with E-state index in [0.717, 1.165) is 6.07 Å². The van der Waals surface area contributed by atoms with Crippen LogP contribution >= 0.6 is 0 Å². The van der Waals surface area contributed by atoms with Crippen molar-refractivity contribution < 1.29 is 38.0 Å². The third-order valence-corrected chi connectivity index (χ3v) is 5.01. The lowest BCUT2D eigenvalue weighted by atomic mass is 9.82. The van der Waals surface area contributed by atoms with Crippen LogP contribution < -0.4 is 0 Å². The van der Waals surface area contributed by atoms with E-state index in [2.05, 4.69) is 4.90 Å². The summed E-state index contributed by atoms with van der Waals surface area (Å²) in [6.45, 7) is 1.73. The molecule has 2 fully saturated rings. The summed E-state index contributed by atoms with van der Waals surface area (Å²) in [5, 5.41) is 26.3. The number of aliphatic hydroxyl groups is 2. The number of rotatable bonds is 2. The van der Waals surface area contributed by atoms with E-state index in [0.29, 0.717) is 44.5 Å². The van der Waals surface area contributed by atoms with Crippen molar-refractivity contribution in [2.24, 2.45) is 0 Å². The number of aliphatic hydroxyl groups excluding tert-OH is 2. The number of hydrogen-bond donors (Lipinski definition) is 3. The molecule has 0 aliphatic carbocycles. The maximum absolute atomic E-state index is 12.8. The number of carbonyl (C=O) groups is 1. The van der Waals surface area contributed by atoms with Crippen molar-refractivity contribution in [2.75, 3.05) is 19.7 Å². The number of alkyl halides is 3. The van der Waals surface area contributed by atoms with Crippen LogP contribution in [0.5, 0.6) is 0 Å². The first-order valence-electron chi connectivity index (χ1n) is 8.65. The normalized spacial score (nSPS) is 25.5. The van der Waals surface area contributed by atoms with Crippen LogP contribution in [0.1, 0.15) is 30.4 Å². The van der Waals surface area contributed by atoms with Gasteiger partial charge in [-0.05, 0) is 24.5 Å². The fourth-order valence-corrected chi connectivity index (χ4v) is 3.52. The second-order valence-corrected chi connectivity index (χ2v) is 6.91. The van der Waals surface area contributed by atoms with Gasteiger partial charge in [0.15, 0.2) is 0 Å². The highest BCUT2D eigenvalue weighted by Gasteiger charge is 2.42. The Morgan fingerprint density at radius 1 is 1.22 bits per heavy atom. The molecular formula is C18H24F3NO5. The molecule has 0 bridgehead atoms. The van der Waals surface area contributed by atoms with E-state index >= 15 is 0 Å². The van der Waals surface area contributed by atoms with Crippen molar-refractivity contribution in [1.29, 1.82) is 0 Å². The molecule has 152 valence electrons. The van der Waals surface area contributed by atoms with Gasteiger partial charge in [0.2, 0.25) is 0 Å². The number of ether oxygens (including phenoxy) is 1. The summed E-state index contributed by atoms with van der Waals surface area (Å²) in [5.41, 5.74) is -0.398. The Hall–Kier alpha value is -1.68. The molecule has 2 heterocycles. The van der Waals surface area contributed by atoms with Crippen molar-refractivity contribution in [1.82, 2.24) is 4.90 Å². The highest BCUT2D eigenvalue weighted by atomic mass is 19.4. The summed E-state index contributed by atoms with van der Waals surface area (Å²) in [4.78, 5) is 10.5. The predicted molar refractivity (Wildman–Crippen MR) is 90.0 cm³/mol. The second kappa shape index (κ2) is 9.01. The van der Waals surface area contributed by atoms with Crippen molar-refractivity contribution in [3.63, 3.8) is 0 Å². The number of carboxylic acid groups (broad SMARTS) is 1. The number of halogens is 3. The van der Waals surface area contributed by atoms with Gasteiger partial charge in [0.1, 0.15) is 6.10 Å². The molecule has 0 amide bonds. The lowest BCUT2D eigenvalue weighted by Gasteiger charge is -2.46. The molecule has 1 spiro atoms. The summed E-state index contributed by atoms with van der Waals surface area (Å²) < 4.78 is 44.1. The van der Waals surface area contributed by atoms with Crippen molar-refractivity contribution in [3.05, 3.63) is 35.4 Å². The first kappa shape index (κ1) is 21.6. The van der Waals surface area contributed by atoms with Crippen LogP contribution in [0.15, 0.2) is 24.3 Å². The highest BCUT2D eigenvalue weighted by Crippen LogP contribution is 2.36. The largest absolute Gasteiger partial charge is 0.483 e. The average molecular weight is 391 g/mol. The second-order valence-electron chi connectivity index (χ2n) is 6.91. The van der Waals surface area contributed by atoms with E-state index in [-0.39, 0.29) is 13.1 Å². The molecule has 0 saturated carbocycles. The smallest absolute Gasteiger partial charge is 0.416 e. The van der Waals surface area contributed by atoms with Gasteiger partial charge in [0.05, 0.1) is 23.9 Å². The predicted octanol–water partition coefficient (Wildman–Crippen LogP) is 1.88. The number of hydrogen-bond acceptors (Lipinski definition) is 5. The molecule has 0 radical (unpaired) electrons. The van der Waals surface area contributed by atoms with E-state index < -0.39 is 29.5 Å². The molecule has 1 aromatic carbocycles. The zero-order valence-corrected chi connectivity index (χ0v) is 14.7. The summed E-state index contributed by atoms with van der Waals surface area (Å²) in [5.74, 6) is 0. The van der Waals surface area contributed by atoms with Gasteiger partial charge in [0, 0.05) is 26.1 Å². The average Bonchev–Trinajstić information content (AvgIpc) is 2.61. The number of piperidine rings is 1. The standard InChI is InChI=1S/C17H22F3NO3.CH2O2/c18-17(19,20)13-3-1-2-12(8-13)10-21-6-4-16(5-7-21)9-14(22)15(23)11-24-16;2-1-3/h1-3,8,14-15,22-23H,4-7,9-11H2;1H,(H,2,3)/t14-,15+;/m1./s1. The minimum Gasteiger partial charge on any atom is -0.483 e. The first-order chi connectivity index (χ1) is 12.7. The molecule has 0 aromatic heterocycles. The van der Waals surface area contributed by atoms with Crippen molar-refractivity contribution in [3.8, 4) is 0 Å². The molecule has 9 heteroatoms. The maximum atomic E-state index is 12.8. The Bertz CT molecular complexity index is 617. The monoisotopic (exact) mass is 391 g/mol. The molecular weight excluding hydrogens is 367 g/mol. The van der Waals surface area contributed by atoms with Gasteiger partial charge in [-0.1, -0.05) is 18.2 Å². The molecule has 2 aliphatic heterocycles. The quantitative estimate of drug-likeness (QED) is 0.667. The van der Waals surface area contributed by atoms with Crippen LogP contribution in [0.3, 0.4) is 0 Å². The molecule has 3 rings (SSSR count). The fourth-order valence-electron chi connectivity index (χ4n) is 3.52. The lowest BCUT2D eigenvalue weighted by molar-refractivity contribution is -0.188. The molecule has 0 unspecified atom stereocenters. The molecule has 2 aliphatic rings. The van der Waals surface area contributed by atoms with Crippen LogP contribution in [0.2, 0.25) is 0 Å². The number of benzene rings is 1. The third kappa shape index (κ3) is 5.90. The summed E-state index contributed by atoms with van der Waals surface area (Å²) in [6.07, 6.45) is -4.11. The SMILES string of the molecule is O=CO.O[C@@H]1CC2(CCN(Cc3cccc(C(F)(F)F)c3)CC2)OC[C@@H]1O. The van der Waals surface area contributed by atoms with E-state index in [1.54, 1.807) is 6.07 Å². The number of nitrogens with zero attached hydrogens (tertiary/aromatic N) is 1. The molecule has 2 saturated heterocycles. The first-order valence-corrected chi connectivity index (χ1v) is 8.65. The molecule has 6 nitrogen and oxygen atoms in total. The molecule has 2 atom stereocenters.